The fraction of sp³-hybridized carbons (Fsp3) is 0.455. The normalized spacial score (nSPS) is 17.9. The van der Waals surface area contributed by atoms with E-state index in [0.29, 0.717) is 18.2 Å². The van der Waals surface area contributed by atoms with Crippen LogP contribution in [0.1, 0.15) is 16.9 Å². The molecular weight excluding hydrogens is 341 g/mol. The summed E-state index contributed by atoms with van der Waals surface area (Å²) < 4.78 is 0.880. The fourth-order valence-corrected chi connectivity index (χ4v) is 2.11. The molecule has 2 N–H and O–H groups in total. The monoisotopic (exact) mass is 355 g/mol. The van der Waals surface area contributed by atoms with Gasteiger partial charge < -0.3 is 10.6 Å². The van der Waals surface area contributed by atoms with E-state index < -0.39 is 0 Å². The first-order chi connectivity index (χ1) is 7.70. The Labute approximate surface area is 127 Å². The first kappa shape index (κ1) is 17.6. The van der Waals surface area contributed by atoms with Crippen molar-refractivity contribution < 1.29 is 4.79 Å². The lowest BCUT2D eigenvalue weighted by molar-refractivity contribution is 0.0782. The molecule has 0 spiro atoms. The molecule has 1 unspecified atom stereocenters. The summed E-state index contributed by atoms with van der Waals surface area (Å²) in [6, 6.07) is 3.57. The molecule has 1 aromatic rings. The quantitative estimate of drug-likeness (QED) is 0.882. The summed E-state index contributed by atoms with van der Waals surface area (Å²) in [5.41, 5.74) is 6.10. The number of carbonyl (C=O) groups is 1. The molecule has 1 aromatic heterocycles. The van der Waals surface area contributed by atoms with Gasteiger partial charge in [-0.25, -0.2) is 4.98 Å². The number of likely N-dealkylation sites (tertiary alicyclic amines) is 1. The van der Waals surface area contributed by atoms with Crippen LogP contribution in [0, 0.1) is 5.92 Å². The third kappa shape index (κ3) is 4.09. The van der Waals surface area contributed by atoms with Crippen molar-refractivity contribution in [1.82, 2.24) is 9.88 Å². The van der Waals surface area contributed by atoms with Crippen LogP contribution in [0.15, 0.2) is 22.8 Å². The Hall–Kier alpha value is -0.360. The van der Waals surface area contributed by atoms with Crippen LogP contribution in [0.3, 0.4) is 0 Å². The number of rotatable bonds is 2. The number of nitrogens with zero attached hydrogens (tertiary/aromatic N) is 2. The van der Waals surface area contributed by atoms with Crippen LogP contribution in [0.25, 0.3) is 0 Å². The summed E-state index contributed by atoms with van der Waals surface area (Å²) in [6.45, 7) is 2.20. The fourth-order valence-electron chi connectivity index (χ4n) is 1.87. The molecule has 7 heteroatoms. The van der Waals surface area contributed by atoms with Crippen molar-refractivity contribution in [1.29, 1.82) is 0 Å². The minimum atomic E-state index is 0. The number of hydrogen-bond acceptors (Lipinski definition) is 3. The van der Waals surface area contributed by atoms with E-state index in [1.165, 1.54) is 0 Å². The average Bonchev–Trinajstić information content (AvgIpc) is 2.77. The number of nitrogens with two attached hydrogens (primary N) is 1. The van der Waals surface area contributed by atoms with Crippen molar-refractivity contribution >= 4 is 46.7 Å². The van der Waals surface area contributed by atoms with Gasteiger partial charge in [0.15, 0.2) is 0 Å². The first-order valence-corrected chi connectivity index (χ1v) is 6.11. The maximum absolute atomic E-state index is 12.0. The lowest BCUT2D eigenvalue weighted by Crippen LogP contribution is -2.30. The minimum Gasteiger partial charge on any atom is -0.337 e. The molecular formula is C11H16BrCl2N3O. The van der Waals surface area contributed by atoms with Crippen LogP contribution in [-0.4, -0.2) is 35.4 Å². The zero-order valence-electron chi connectivity index (χ0n) is 9.71. The van der Waals surface area contributed by atoms with Gasteiger partial charge >= 0.3 is 0 Å². The number of aromatic nitrogens is 1. The summed E-state index contributed by atoms with van der Waals surface area (Å²) in [7, 11) is 0. The second kappa shape index (κ2) is 7.94. The molecule has 1 fully saturated rings. The molecule has 1 atom stereocenters. The number of hydrogen-bond donors (Lipinski definition) is 1. The molecule has 0 aromatic carbocycles. The standard InChI is InChI=1S/C11H14BrN3O.2ClH/c12-9-1-2-10(14-6-9)11(16)15-4-3-8(5-13)7-15;;/h1-2,6,8H,3-5,7,13H2;2*1H. The predicted molar refractivity (Wildman–Crippen MR) is 79.5 cm³/mol. The van der Waals surface area contributed by atoms with Crippen molar-refractivity contribution in [3.8, 4) is 0 Å². The Balaban J connectivity index is 0.00000144. The molecule has 1 amide bonds. The lowest BCUT2D eigenvalue weighted by atomic mass is 10.1. The number of halogens is 3. The van der Waals surface area contributed by atoms with Gasteiger partial charge in [0.25, 0.3) is 5.91 Å². The van der Waals surface area contributed by atoms with E-state index in [4.69, 9.17) is 5.73 Å². The molecule has 1 saturated heterocycles. The Kier molecular flexibility index (Phi) is 7.78. The molecule has 102 valence electrons. The SMILES string of the molecule is Cl.Cl.NCC1CCN(C(=O)c2ccc(Br)cn2)C1. The summed E-state index contributed by atoms with van der Waals surface area (Å²) in [5.74, 6) is 0.447. The highest BCUT2D eigenvalue weighted by Gasteiger charge is 2.26. The van der Waals surface area contributed by atoms with E-state index in [0.717, 1.165) is 24.0 Å². The zero-order chi connectivity index (χ0) is 11.5. The molecule has 0 saturated carbocycles. The molecule has 0 aliphatic carbocycles. The molecule has 2 rings (SSSR count). The van der Waals surface area contributed by atoms with Gasteiger partial charge in [-0.1, -0.05) is 0 Å². The highest BCUT2D eigenvalue weighted by molar-refractivity contribution is 9.10. The van der Waals surface area contributed by atoms with Crippen LogP contribution in [0.5, 0.6) is 0 Å². The summed E-state index contributed by atoms with van der Waals surface area (Å²) in [6.07, 6.45) is 2.64. The van der Waals surface area contributed by atoms with Crippen LogP contribution < -0.4 is 5.73 Å². The Morgan fingerprint density at radius 2 is 2.22 bits per heavy atom. The first-order valence-electron chi connectivity index (χ1n) is 5.31. The van der Waals surface area contributed by atoms with Gasteiger partial charge in [0.05, 0.1) is 0 Å². The third-order valence-electron chi connectivity index (χ3n) is 2.85. The number of amides is 1. The molecule has 2 heterocycles. The Morgan fingerprint density at radius 3 is 2.72 bits per heavy atom. The molecule has 1 aliphatic rings. The highest BCUT2D eigenvalue weighted by atomic mass is 79.9. The Morgan fingerprint density at radius 1 is 1.50 bits per heavy atom. The molecule has 1 aliphatic heterocycles. The maximum Gasteiger partial charge on any atom is 0.272 e. The number of pyridine rings is 1. The number of carbonyl (C=O) groups excluding carboxylic acids is 1. The molecule has 0 bridgehead atoms. The summed E-state index contributed by atoms with van der Waals surface area (Å²) >= 11 is 3.29. The summed E-state index contributed by atoms with van der Waals surface area (Å²) in [4.78, 5) is 18.0. The van der Waals surface area contributed by atoms with E-state index in [2.05, 4.69) is 20.9 Å². The smallest absolute Gasteiger partial charge is 0.272 e. The van der Waals surface area contributed by atoms with Crippen molar-refractivity contribution in [2.75, 3.05) is 19.6 Å². The zero-order valence-corrected chi connectivity index (χ0v) is 12.9. The third-order valence-corrected chi connectivity index (χ3v) is 3.32. The van der Waals surface area contributed by atoms with E-state index in [1.54, 1.807) is 12.3 Å². The minimum absolute atomic E-state index is 0. The topological polar surface area (TPSA) is 59.2 Å². The van der Waals surface area contributed by atoms with Crippen LogP contribution >= 0.6 is 40.7 Å². The largest absolute Gasteiger partial charge is 0.337 e. The van der Waals surface area contributed by atoms with Crippen LogP contribution in [0.2, 0.25) is 0 Å². The maximum atomic E-state index is 12.0. The van der Waals surface area contributed by atoms with E-state index in [-0.39, 0.29) is 30.7 Å². The van der Waals surface area contributed by atoms with Crippen molar-refractivity contribution in [3.63, 3.8) is 0 Å². The van der Waals surface area contributed by atoms with Gasteiger partial charge in [-0.15, -0.1) is 24.8 Å². The van der Waals surface area contributed by atoms with Gasteiger partial charge in [0.2, 0.25) is 0 Å². The van der Waals surface area contributed by atoms with E-state index >= 15 is 0 Å². The van der Waals surface area contributed by atoms with E-state index in [1.807, 2.05) is 11.0 Å². The highest BCUT2D eigenvalue weighted by Crippen LogP contribution is 2.17. The molecule has 4 nitrogen and oxygen atoms in total. The summed E-state index contributed by atoms with van der Waals surface area (Å²) in [5, 5.41) is 0. The van der Waals surface area contributed by atoms with Crippen molar-refractivity contribution in [3.05, 3.63) is 28.5 Å². The average molecular weight is 357 g/mol. The second-order valence-corrected chi connectivity index (χ2v) is 4.92. The van der Waals surface area contributed by atoms with Gasteiger partial charge in [-0.2, -0.15) is 0 Å². The van der Waals surface area contributed by atoms with Gasteiger partial charge in [-0.05, 0) is 46.9 Å². The van der Waals surface area contributed by atoms with E-state index in [9.17, 15) is 4.79 Å². The van der Waals surface area contributed by atoms with Crippen molar-refractivity contribution in [2.24, 2.45) is 11.7 Å². The van der Waals surface area contributed by atoms with Crippen molar-refractivity contribution in [2.45, 2.75) is 6.42 Å². The second-order valence-electron chi connectivity index (χ2n) is 4.00. The van der Waals surface area contributed by atoms with Gasteiger partial charge in [0.1, 0.15) is 5.69 Å². The van der Waals surface area contributed by atoms with Gasteiger partial charge in [0, 0.05) is 23.8 Å². The molecule has 0 radical (unpaired) electrons. The van der Waals surface area contributed by atoms with Gasteiger partial charge in [-0.3, -0.25) is 4.79 Å². The van der Waals surface area contributed by atoms with Crippen LogP contribution in [-0.2, 0) is 0 Å². The van der Waals surface area contributed by atoms with Crippen LogP contribution in [0.4, 0.5) is 0 Å². The lowest BCUT2D eigenvalue weighted by Gasteiger charge is -2.15. The predicted octanol–water partition coefficient (Wildman–Crippen LogP) is 2.11. The molecule has 18 heavy (non-hydrogen) atoms. The Bertz CT molecular complexity index is 388.